The fourth-order valence-corrected chi connectivity index (χ4v) is 1.42. The Balaban J connectivity index is 0. The van der Waals surface area contributed by atoms with Gasteiger partial charge in [0, 0.05) is 6.42 Å². The first-order valence-corrected chi connectivity index (χ1v) is 5.14. The number of hydrogen-bond donors (Lipinski definition) is 1. The van der Waals surface area contributed by atoms with Crippen LogP contribution in [0.15, 0.2) is 0 Å². The molecular formula is C8H20MgN+2. The van der Waals surface area contributed by atoms with E-state index in [0.717, 1.165) is 5.92 Å². The van der Waals surface area contributed by atoms with Crippen molar-refractivity contribution in [3.05, 3.63) is 0 Å². The Morgan fingerprint density at radius 1 is 1.20 bits per heavy atom. The van der Waals surface area contributed by atoms with Crippen LogP contribution in [0.2, 0.25) is 4.55 Å². The van der Waals surface area contributed by atoms with Gasteiger partial charge in [-0.25, -0.2) is 0 Å². The highest BCUT2D eigenvalue weighted by Gasteiger charge is 2.21. The third-order valence-electron chi connectivity index (χ3n) is 2.02. The molecule has 0 spiro atoms. The lowest BCUT2D eigenvalue weighted by atomic mass is 9.98. The van der Waals surface area contributed by atoms with Gasteiger partial charge in [0.05, 0.1) is 0 Å². The summed E-state index contributed by atoms with van der Waals surface area (Å²) in [5, 5.41) is 0. The fourth-order valence-electron chi connectivity index (χ4n) is 1.13. The highest BCUT2D eigenvalue weighted by Crippen LogP contribution is 2.14. The van der Waals surface area contributed by atoms with Gasteiger partial charge in [0.15, 0.2) is 0 Å². The molecule has 7 radical (unpaired) electrons. The lowest BCUT2D eigenvalue weighted by Gasteiger charge is -2.07. The molecule has 0 unspecified atom stereocenters. The minimum absolute atomic E-state index is 0. The molecule has 0 aromatic heterocycles. The SMILES string of the molecule is CCC(CC)CC[CH2][Mg+2].N. The van der Waals surface area contributed by atoms with Gasteiger partial charge in [0.25, 0.3) is 4.55 Å². The zero-order chi connectivity index (χ0) is 7.11. The van der Waals surface area contributed by atoms with E-state index in [9.17, 15) is 0 Å². The monoisotopic (exact) mass is 154 g/mol. The maximum absolute atomic E-state index is 2.30. The van der Waals surface area contributed by atoms with Gasteiger partial charge < -0.3 is 6.15 Å². The molecule has 0 rings (SSSR count). The van der Waals surface area contributed by atoms with Crippen LogP contribution in [0.25, 0.3) is 0 Å². The third kappa shape index (κ3) is 6.84. The van der Waals surface area contributed by atoms with E-state index in [1.54, 1.807) is 0 Å². The Bertz CT molecular complexity index is 53.2. The summed E-state index contributed by atoms with van der Waals surface area (Å²) in [6, 6.07) is 0. The van der Waals surface area contributed by atoms with Crippen LogP contribution >= 0.6 is 0 Å². The first-order valence-electron chi connectivity index (χ1n) is 4.14. The predicted octanol–water partition coefficient (Wildman–Crippen LogP) is 2.95. The Labute approximate surface area is 78.0 Å². The zero-order valence-corrected chi connectivity index (χ0v) is 8.94. The van der Waals surface area contributed by atoms with Gasteiger partial charge in [-0.05, 0) is 12.3 Å². The van der Waals surface area contributed by atoms with Crippen molar-refractivity contribution in [2.45, 2.75) is 44.1 Å². The van der Waals surface area contributed by atoms with Crippen LogP contribution < -0.4 is 6.15 Å². The van der Waals surface area contributed by atoms with Crippen LogP contribution in [-0.2, 0) is 0 Å². The molecule has 0 aromatic carbocycles. The highest BCUT2D eigenvalue weighted by molar-refractivity contribution is 6.08. The van der Waals surface area contributed by atoms with Gasteiger partial charge in [0.2, 0.25) is 0 Å². The van der Waals surface area contributed by atoms with E-state index in [2.05, 4.69) is 35.6 Å². The molecule has 0 aliphatic carbocycles. The lowest BCUT2D eigenvalue weighted by molar-refractivity contribution is 0.451. The van der Waals surface area contributed by atoms with Crippen molar-refractivity contribution >= 4 is 21.7 Å². The number of rotatable bonds is 5. The van der Waals surface area contributed by atoms with Crippen LogP contribution in [0.1, 0.15) is 39.5 Å². The van der Waals surface area contributed by atoms with Crippen molar-refractivity contribution in [1.82, 2.24) is 6.15 Å². The van der Waals surface area contributed by atoms with E-state index in [-0.39, 0.29) is 6.15 Å². The van der Waals surface area contributed by atoms with Crippen molar-refractivity contribution in [3.8, 4) is 0 Å². The summed E-state index contributed by atoms with van der Waals surface area (Å²) in [5.74, 6) is 1.01. The summed E-state index contributed by atoms with van der Waals surface area (Å²) in [5.41, 5.74) is 0. The molecule has 57 valence electrons. The van der Waals surface area contributed by atoms with Crippen LogP contribution in [0.4, 0.5) is 0 Å². The van der Waals surface area contributed by atoms with E-state index < -0.39 is 0 Å². The molecule has 0 saturated carbocycles. The van der Waals surface area contributed by atoms with Crippen molar-refractivity contribution in [1.29, 1.82) is 0 Å². The quantitative estimate of drug-likeness (QED) is 0.607. The molecule has 0 fully saturated rings. The largest absolute Gasteiger partial charge is 1.41 e. The second-order valence-electron chi connectivity index (χ2n) is 2.68. The molecule has 0 bridgehead atoms. The summed E-state index contributed by atoms with van der Waals surface area (Å²) in [7, 11) is 0. The highest BCUT2D eigenvalue weighted by atomic mass is 24.4. The summed E-state index contributed by atoms with van der Waals surface area (Å²) in [6.45, 7) is 4.60. The van der Waals surface area contributed by atoms with Crippen molar-refractivity contribution in [2.75, 3.05) is 0 Å². The molecular weight excluding hydrogens is 134 g/mol. The second-order valence-corrected chi connectivity index (χ2v) is 3.39. The van der Waals surface area contributed by atoms with Gasteiger partial charge in [0.1, 0.15) is 0 Å². The maximum atomic E-state index is 2.30. The predicted molar refractivity (Wildman–Crippen MR) is 48.9 cm³/mol. The summed E-state index contributed by atoms with van der Waals surface area (Å²) in [4.78, 5) is 0. The number of hydrogen-bond acceptors (Lipinski definition) is 1. The molecule has 3 N–H and O–H groups in total. The van der Waals surface area contributed by atoms with Gasteiger partial charge in [-0.2, -0.15) is 0 Å². The smallest absolute Gasteiger partial charge is 0.344 e. The Kier molecular flexibility index (Phi) is 13.0. The molecule has 0 atom stereocenters. The van der Waals surface area contributed by atoms with E-state index in [1.165, 1.54) is 30.2 Å². The molecule has 0 saturated heterocycles. The molecule has 10 heavy (non-hydrogen) atoms. The van der Waals surface area contributed by atoms with Gasteiger partial charge >= 0.3 is 21.7 Å². The van der Waals surface area contributed by atoms with Crippen LogP contribution in [0.3, 0.4) is 0 Å². The van der Waals surface area contributed by atoms with Crippen molar-refractivity contribution in [2.24, 2.45) is 5.92 Å². The fraction of sp³-hybridized carbons (Fsp3) is 1.00. The molecule has 0 aromatic rings. The van der Waals surface area contributed by atoms with Gasteiger partial charge in [-0.3, -0.25) is 0 Å². The topological polar surface area (TPSA) is 35.0 Å². The summed E-state index contributed by atoms with van der Waals surface area (Å²) < 4.78 is 1.39. The summed E-state index contributed by atoms with van der Waals surface area (Å²) >= 11 is 2.09. The van der Waals surface area contributed by atoms with E-state index in [1.807, 2.05) is 0 Å². The average Bonchev–Trinajstić information content (AvgIpc) is 1.91. The third-order valence-corrected chi connectivity index (χ3v) is 2.52. The first kappa shape index (κ1) is 13.3. The summed E-state index contributed by atoms with van der Waals surface area (Å²) in [6.07, 6.45) is 5.64. The van der Waals surface area contributed by atoms with Gasteiger partial charge in [-0.1, -0.05) is 26.7 Å². The minimum Gasteiger partial charge on any atom is -0.344 e. The average molecular weight is 155 g/mol. The molecule has 0 aliphatic rings. The van der Waals surface area contributed by atoms with Crippen LogP contribution in [-0.4, -0.2) is 21.7 Å². The molecule has 2 heteroatoms. The normalized spacial score (nSPS) is 9.60. The molecule has 0 heterocycles. The Morgan fingerprint density at radius 3 is 2.00 bits per heavy atom. The lowest BCUT2D eigenvalue weighted by Crippen LogP contribution is -1.95. The molecule has 0 aliphatic heterocycles. The van der Waals surface area contributed by atoms with E-state index in [0.29, 0.717) is 0 Å². The van der Waals surface area contributed by atoms with Crippen molar-refractivity contribution < 1.29 is 0 Å². The maximum Gasteiger partial charge on any atom is 1.41 e. The molecule has 1 nitrogen and oxygen atoms in total. The van der Waals surface area contributed by atoms with E-state index in [4.69, 9.17) is 0 Å². The molecule has 0 amide bonds. The van der Waals surface area contributed by atoms with Crippen LogP contribution in [0.5, 0.6) is 0 Å². The Hall–Kier alpha value is 0.726. The second kappa shape index (κ2) is 9.73. The Morgan fingerprint density at radius 2 is 1.70 bits per heavy atom. The van der Waals surface area contributed by atoms with E-state index >= 15 is 0 Å². The van der Waals surface area contributed by atoms with Crippen molar-refractivity contribution in [3.63, 3.8) is 0 Å². The van der Waals surface area contributed by atoms with Crippen LogP contribution in [0, 0.1) is 5.92 Å². The first-order chi connectivity index (χ1) is 4.35. The van der Waals surface area contributed by atoms with Gasteiger partial charge in [-0.15, -0.1) is 0 Å². The zero-order valence-electron chi connectivity index (χ0n) is 7.53. The standard InChI is InChI=1S/C8H17.Mg.H3N/c1-4-7-8(5-2)6-3;;/h8H,1,4-7H2,2-3H3;;1H3/q;+2;. The minimum atomic E-state index is 0.